The van der Waals surface area contributed by atoms with Gasteiger partial charge in [0, 0.05) is 44.0 Å². The lowest BCUT2D eigenvalue weighted by atomic mass is 9.97. The Kier molecular flexibility index (Phi) is 9.06. The molecule has 2 aliphatic heterocycles. The summed E-state index contributed by atoms with van der Waals surface area (Å²) >= 11 is 0.827. The number of anilines is 2. The molecule has 10 nitrogen and oxygen atoms in total. The molecule has 0 bridgehead atoms. The van der Waals surface area contributed by atoms with Crippen LogP contribution in [0.15, 0.2) is 53.6 Å². The third-order valence-corrected chi connectivity index (χ3v) is 7.72. The zero-order valence-electron chi connectivity index (χ0n) is 23.1. The Morgan fingerprint density at radius 2 is 1.93 bits per heavy atom. The summed E-state index contributed by atoms with van der Waals surface area (Å²) in [5.74, 6) is 0.0944. The number of carbonyl (C=O) groups excluding carboxylic acids is 3. The van der Waals surface area contributed by atoms with Crippen LogP contribution in [0.4, 0.5) is 29.6 Å². The highest BCUT2D eigenvalue weighted by Gasteiger charge is 2.32. The van der Waals surface area contributed by atoms with Gasteiger partial charge in [-0.1, -0.05) is 12.1 Å². The molecule has 3 amide bonds. The van der Waals surface area contributed by atoms with E-state index in [4.69, 9.17) is 0 Å². The summed E-state index contributed by atoms with van der Waals surface area (Å²) in [6.07, 6.45) is 0.273. The van der Waals surface area contributed by atoms with Gasteiger partial charge in [0.2, 0.25) is 11.9 Å². The van der Waals surface area contributed by atoms with Gasteiger partial charge in [0.1, 0.15) is 0 Å². The number of aromatic nitrogens is 3. The number of rotatable bonds is 8. The van der Waals surface area contributed by atoms with E-state index in [-0.39, 0.29) is 28.7 Å². The molecule has 4 heterocycles. The Morgan fingerprint density at radius 3 is 2.63 bits per heavy atom. The first kappa shape index (κ1) is 30.2. The number of nitrogens with one attached hydrogen (secondary N) is 3. The molecule has 3 N–H and O–H groups in total. The largest absolute Gasteiger partial charge is 0.416 e. The van der Waals surface area contributed by atoms with Crippen molar-refractivity contribution >= 4 is 46.5 Å². The van der Waals surface area contributed by atoms with Gasteiger partial charge in [-0.05, 0) is 73.5 Å². The average molecular weight is 612 g/mol. The van der Waals surface area contributed by atoms with Crippen molar-refractivity contribution in [3.8, 4) is 11.3 Å². The van der Waals surface area contributed by atoms with Gasteiger partial charge in [0.05, 0.1) is 27.6 Å². The Labute approximate surface area is 249 Å². The summed E-state index contributed by atoms with van der Waals surface area (Å²) in [4.78, 5) is 50.3. The molecular formula is C29H28F3N7O3S. The highest BCUT2D eigenvalue weighted by Crippen LogP contribution is 2.33. The average Bonchev–Trinajstić information content (AvgIpc) is 3.28. The minimum Gasteiger partial charge on any atom is -0.341 e. The lowest BCUT2D eigenvalue weighted by Gasteiger charge is -2.32. The predicted molar refractivity (Wildman–Crippen MR) is 157 cm³/mol. The predicted octanol–water partition coefficient (Wildman–Crippen LogP) is 4.85. The van der Waals surface area contributed by atoms with Gasteiger partial charge in [0.25, 0.3) is 11.1 Å². The number of hydrogen-bond donors (Lipinski definition) is 3. The van der Waals surface area contributed by atoms with E-state index < -0.39 is 22.9 Å². The molecule has 2 aromatic heterocycles. The summed E-state index contributed by atoms with van der Waals surface area (Å²) in [5.41, 5.74) is 1.11. The smallest absolute Gasteiger partial charge is 0.341 e. The molecule has 0 atom stereocenters. The first-order valence-electron chi connectivity index (χ1n) is 13.5. The number of hydrogen-bond acceptors (Lipinski definition) is 9. The van der Waals surface area contributed by atoms with Crippen molar-refractivity contribution in [2.75, 3.05) is 29.9 Å². The summed E-state index contributed by atoms with van der Waals surface area (Å²) in [6, 6.07) is 10.3. The zero-order chi connectivity index (χ0) is 30.6. The van der Waals surface area contributed by atoms with Gasteiger partial charge < -0.3 is 15.5 Å². The summed E-state index contributed by atoms with van der Waals surface area (Å²) < 4.78 is 41.1. The van der Waals surface area contributed by atoms with Crippen LogP contribution in [0.25, 0.3) is 17.3 Å². The molecule has 2 saturated heterocycles. The molecule has 0 saturated carbocycles. The number of thioether (sulfide) groups is 1. The molecule has 2 aliphatic rings. The monoisotopic (exact) mass is 611 g/mol. The first-order valence-corrected chi connectivity index (χ1v) is 14.3. The van der Waals surface area contributed by atoms with Gasteiger partial charge >= 0.3 is 6.18 Å². The topological polar surface area (TPSA) is 129 Å². The van der Waals surface area contributed by atoms with E-state index in [9.17, 15) is 27.6 Å². The quantitative estimate of drug-likeness (QED) is 0.306. The second-order valence-corrected chi connectivity index (χ2v) is 11.2. The highest BCUT2D eigenvalue weighted by atomic mass is 32.2. The fourth-order valence-electron chi connectivity index (χ4n) is 4.84. The number of carbonyl (C=O) groups is 3. The summed E-state index contributed by atoms with van der Waals surface area (Å²) in [5, 5.41) is 7.70. The molecule has 5 rings (SSSR count). The third-order valence-electron chi connectivity index (χ3n) is 6.91. The fourth-order valence-corrected chi connectivity index (χ4v) is 5.51. The minimum atomic E-state index is -4.54. The van der Waals surface area contributed by atoms with E-state index in [0.29, 0.717) is 48.4 Å². The van der Waals surface area contributed by atoms with E-state index in [0.717, 1.165) is 36.7 Å². The fraction of sp³-hybridized carbons (Fsp3) is 0.310. The zero-order valence-corrected chi connectivity index (χ0v) is 23.9. The lowest BCUT2D eigenvalue weighted by Crippen LogP contribution is -2.38. The number of piperidine rings is 1. The van der Waals surface area contributed by atoms with Crippen LogP contribution in [0, 0.1) is 5.92 Å². The van der Waals surface area contributed by atoms with E-state index in [1.165, 1.54) is 6.92 Å². The molecule has 14 heteroatoms. The van der Waals surface area contributed by atoms with Crippen LogP contribution < -0.4 is 20.9 Å². The maximum atomic E-state index is 13.7. The lowest BCUT2D eigenvalue weighted by molar-refractivity contribution is -0.137. The Hall–Kier alpha value is -4.30. The molecule has 1 aromatic carbocycles. The Balaban J connectivity index is 1.19. The van der Waals surface area contributed by atoms with Crippen molar-refractivity contribution in [1.82, 2.24) is 25.6 Å². The number of amides is 3. The van der Waals surface area contributed by atoms with Crippen molar-refractivity contribution in [1.29, 1.82) is 0 Å². The SMILES string of the molecule is CC(=O)Nc1cccc(-c2cc(C(F)(F)F)cc(CNCC3CCN(c4nccc(/C=C5\SC(=O)NC5=O)n4)CC3)n2)c1. The molecule has 0 radical (unpaired) electrons. The molecule has 224 valence electrons. The number of halogens is 3. The number of pyridine rings is 1. The van der Waals surface area contributed by atoms with Crippen molar-refractivity contribution in [3.05, 3.63) is 70.5 Å². The molecule has 43 heavy (non-hydrogen) atoms. The van der Waals surface area contributed by atoms with Crippen molar-refractivity contribution < 1.29 is 27.6 Å². The van der Waals surface area contributed by atoms with Crippen LogP contribution in [0.2, 0.25) is 0 Å². The molecule has 0 aliphatic carbocycles. The van der Waals surface area contributed by atoms with Crippen LogP contribution in [0.5, 0.6) is 0 Å². The molecule has 3 aromatic rings. The van der Waals surface area contributed by atoms with Gasteiger partial charge in [0.15, 0.2) is 0 Å². The second-order valence-electron chi connectivity index (χ2n) is 10.2. The van der Waals surface area contributed by atoms with Crippen LogP contribution in [-0.4, -0.2) is 51.6 Å². The summed E-state index contributed by atoms with van der Waals surface area (Å²) in [6.45, 7) is 3.51. The molecule has 0 spiro atoms. The van der Waals surface area contributed by atoms with E-state index >= 15 is 0 Å². The molecule has 2 fully saturated rings. The van der Waals surface area contributed by atoms with E-state index in [1.807, 2.05) is 4.90 Å². The maximum Gasteiger partial charge on any atom is 0.416 e. The third kappa shape index (κ3) is 7.96. The van der Waals surface area contributed by atoms with Crippen molar-refractivity contribution in [2.45, 2.75) is 32.5 Å². The Morgan fingerprint density at radius 1 is 1.14 bits per heavy atom. The number of imide groups is 1. The maximum absolute atomic E-state index is 13.7. The number of alkyl halides is 3. The molecular weight excluding hydrogens is 583 g/mol. The Bertz CT molecular complexity index is 1570. The van der Waals surface area contributed by atoms with Gasteiger partial charge in [-0.2, -0.15) is 13.2 Å². The normalized spacial score (nSPS) is 16.9. The molecule has 0 unspecified atom stereocenters. The highest BCUT2D eigenvalue weighted by molar-refractivity contribution is 8.18. The van der Waals surface area contributed by atoms with Crippen LogP contribution in [-0.2, 0) is 22.3 Å². The van der Waals surface area contributed by atoms with Crippen molar-refractivity contribution in [3.63, 3.8) is 0 Å². The van der Waals surface area contributed by atoms with Crippen LogP contribution in [0.1, 0.15) is 36.7 Å². The van der Waals surface area contributed by atoms with Crippen molar-refractivity contribution in [2.24, 2.45) is 5.92 Å². The number of nitrogens with zero attached hydrogens (tertiary/aromatic N) is 4. The second kappa shape index (κ2) is 12.9. The van der Waals surface area contributed by atoms with Crippen LogP contribution in [0.3, 0.4) is 0 Å². The standard InChI is InChI=1S/C29H28F3N7O3S/c1-17(40)35-21-4-2-3-19(11-21)24-13-20(29(30,31)32)12-23(36-24)16-33-15-18-6-9-39(10-7-18)27-34-8-5-22(37-27)14-25-26(41)38-28(42)43-25/h2-5,8,11-14,18,33H,6-7,9-10,15-16H2,1H3,(H,35,40)(H,38,41,42)/b25-14-. The number of benzene rings is 1. The van der Waals surface area contributed by atoms with Gasteiger partial charge in [-0.3, -0.25) is 24.7 Å². The minimum absolute atomic E-state index is 0.163. The van der Waals surface area contributed by atoms with E-state index in [1.54, 1.807) is 42.6 Å². The van der Waals surface area contributed by atoms with E-state index in [2.05, 4.69) is 30.9 Å². The van der Waals surface area contributed by atoms with Gasteiger partial charge in [-0.15, -0.1) is 0 Å². The van der Waals surface area contributed by atoms with Gasteiger partial charge in [-0.25, -0.2) is 9.97 Å². The van der Waals surface area contributed by atoms with Crippen LogP contribution >= 0.6 is 11.8 Å². The first-order chi connectivity index (χ1) is 20.5. The summed E-state index contributed by atoms with van der Waals surface area (Å²) in [7, 11) is 0.